The summed E-state index contributed by atoms with van der Waals surface area (Å²) in [7, 11) is 0. The number of aryl methyl sites for hydroxylation is 1. The van der Waals surface area contributed by atoms with Crippen LogP contribution < -0.4 is 10.1 Å². The van der Waals surface area contributed by atoms with E-state index in [4.69, 9.17) is 16.3 Å². The molecule has 3 heteroatoms. The first-order valence-corrected chi connectivity index (χ1v) is 7.75. The molecule has 112 valence electrons. The molecule has 1 unspecified atom stereocenters. The van der Waals surface area contributed by atoms with E-state index in [0.717, 1.165) is 24.3 Å². The van der Waals surface area contributed by atoms with Crippen LogP contribution in [0.15, 0.2) is 42.5 Å². The molecule has 21 heavy (non-hydrogen) atoms. The molecule has 2 aromatic carbocycles. The summed E-state index contributed by atoms with van der Waals surface area (Å²) in [6, 6.07) is 14.2. The molecule has 0 heterocycles. The van der Waals surface area contributed by atoms with Crippen molar-refractivity contribution < 1.29 is 4.74 Å². The van der Waals surface area contributed by atoms with Crippen LogP contribution in [0.25, 0.3) is 0 Å². The van der Waals surface area contributed by atoms with Crippen molar-refractivity contribution in [1.82, 2.24) is 5.32 Å². The van der Waals surface area contributed by atoms with E-state index >= 15 is 0 Å². The molecule has 0 spiro atoms. The lowest BCUT2D eigenvalue weighted by atomic mass is 10.1. The van der Waals surface area contributed by atoms with E-state index in [-0.39, 0.29) is 0 Å². The normalized spacial score (nSPS) is 12.2. The molecule has 2 rings (SSSR count). The lowest BCUT2D eigenvalue weighted by Gasteiger charge is -2.15. The zero-order chi connectivity index (χ0) is 15.2. The van der Waals surface area contributed by atoms with Gasteiger partial charge in [-0.1, -0.05) is 36.7 Å². The van der Waals surface area contributed by atoms with Crippen LogP contribution >= 0.6 is 11.6 Å². The van der Waals surface area contributed by atoms with E-state index < -0.39 is 0 Å². The molecule has 0 aliphatic heterocycles. The Labute approximate surface area is 132 Å². The summed E-state index contributed by atoms with van der Waals surface area (Å²) < 4.78 is 5.93. The minimum Gasteiger partial charge on any atom is -0.456 e. The maximum atomic E-state index is 6.18. The van der Waals surface area contributed by atoms with Gasteiger partial charge in [-0.2, -0.15) is 0 Å². The number of hydrogen-bond acceptors (Lipinski definition) is 2. The van der Waals surface area contributed by atoms with Gasteiger partial charge in [0.1, 0.15) is 11.5 Å². The van der Waals surface area contributed by atoms with Gasteiger partial charge in [0.05, 0.1) is 5.02 Å². The Morgan fingerprint density at radius 2 is 2.00 bits per heavy atom. The molecule has 0 amide bonds. The molecule has 0 aliphatic carbocycles. The SMILES string of the molecule is CCCNC(C)c1cccc(Oc2cc(C)ccc2Cl)c1. The molecule has 2 aromatic rings. The van der Waals surface area contributed by atoms with Gasteiger partial charge in [0.15, 0.2) is 0 Å². The predicted octanol–water partition coefficient (Wildman–Crippen LogP) is 5.50. The molecule has 0 saturated carbocycles. The second-order valence-electron chi connectivity index (χ2n) is 5.28. The minimum atomic E-state index is 0.307. The Balaban J connectivity index is 2.15. The highest BCUT2D eigenvalue weighted by Gasteiger charge is 2.07. The van der Waals surface area contributed by atoms with Crippen molar-refractivity contribution >= 4 is 11.6 Å². The fraction of sp³-hybridized carbons (Fsp3) is 0.333. The van der Waals surface area contributed by atoms with Crippen LogP contribution in [-0.4, -0.2) is 6.54 Å². The van der Waals surface area contributed by atoms with E-state index in [1.54, 1.807) is 0 Å². The highest BCUT2D eigenvalue weighted by atomic mass is 35.5. The van der Waals surface area contributed by atoms with Crippen molar-refractivity contribution in [2.75, 3.05) is 6.54 Å². The van der Waals surface area contributed by atoms with Gasteiger partial charge in [0.25, 0.3) is 0 Å². The van der Waals surface area contributed by atoms with Crippen LogP contribution in [-0.2, 0) is 0 Å². The predicted molar refractivity (Wildman–Crippen MR) is 89.4 cm³/mol. The molecule has 0 aliphatic rings. The molecular weight excluding hydrogens is 282 g/mol. The Morgan fingerprint density at radius 3 is 2.76 bits per heavy atom. The second-order valence-corrected chi connectivity index (χ2v) is 5.69. The van der Waals surface area contributed by atoms with E-state index in [0.29, 0.717) is 16.8 Å². The summed E-state index contributed by atoms with van der Waals surface area (Å²) in [5.41, 5.74) is 2.34. The van der Waals surface area contributed by atoms with E-state index in [1.165, 1.54) is 5.56 Å². The third-order valence-electron chi connectivity index (χ3n) is 3.37. The van der Waals surface area contributed by atoms with Gasteiger partial charge in [0, 0.05) is 6.04 Å². The fourth-order valence-electron chi connectivity index (χ4n) is 2.14. The topological polar surface area (TPSA) is 21.3 Å². The Kier molecular flexibility index (Phi) is 5.66. The molecule has 0 saturated heterocycles. The smallest absolute Gasteiger partial charge is 0.146 e. The summed E-state index contributed by atoms with van der Waals surface area (Å²) in [6.45, 7) is 7.36. The van der Waals surface area contributed by atoms with Gasteiger partial charge < -0.3 is 10.1 Å². The minimum absolute atomic E-state index is 0.307. The van der Waals surface area contributed by atoms with Crippen LogP contribution in [0.3, 0.4) is 0 Å². The van der Waals surface area contributed by atoms with E-state index in [2.05, 4.69) is 31.3 Å². The quantitative estimate of drug-likeness (QED) is 0.760. The summed E-state index contributed by atoms with van der Waals surface area (Å²) in [6.07, 6.45) is 1.12. The Hall–Kier alpha value is -1.51. The maximum absolute atomic E-state index is 6.18. The van der Waals surface area contributed by atoms with Crippen LogP contribution in [0.5, 0.6) is 11.5 Å². The number of ether oxygens (including phenoxy) is 1. The number of benzene rings is 2. The van der Waals surface area contributed by atoms with Gasteiger partial charge in [-0.05, 0) is 62.2 Å². The molecule has 2 nitrogen and oxygen atoms in total. The van der Waals surface area contributed by atoms with Crippen molar-refractivity contribution in [3.05, 3.63) is 58.6 Å². The number of halogens is 1. The zero-order valence-corrected chi connectivity index (χ0v) is 13.6. The van der Waals surface area contributed by atoms with Crippen LogP contribution in [0, 0.1) is 6.92 Å². The monoisotopic (exact) mass is 303 g/mol. The largest absolute Gasteiger partial charge is 0.456 e. The van der Waals surface area contributed by atoms with Crippen molar-refractivity contribution in [3.8, 4) is 11.5 Å². The molecule has 0 aromatic heterocycles. The molecule has 0 radical (unpaired) electrons. The van der Waals surface area contributed by atoms with Crippen molar-refractivity contribution in [2.24, 2.45) is 0 Å². The van der Waals surface area contributed by atoms with Crippen LogP contribution in [0.2, 0.25) is 5.02 Å². The number of nitrogens with one attached hydrogen (secondary N) is 1. The number of rotatable bonds is 6. The van der Waals surface area contributed by atoms with E-state index in [9.17, 15) is 0 Å². The molecule has 0 bridgehead atoms. The van der Waals surface area contributed by atoms with Gasteiger partial charge in [-0.25, -0.2) is 0 Å². The standard InChI is InChI=1S/C18H22ClNO/c1-4-10-20-14(3)15-6-5-7-16(12-15)21-18-11-13(2)8-9-17(18)19/h5-9,11-12,14,20H,4,10H2,1-3H3. The molecule has 0 fully saturated rings. The van der Waals surface area contributed by atoms with Crippen molar-refractivity contribution in [2.45, 2.75) is 33.2 Å². The Morgan fingerprint density at radius 1 is 1.19 bits per heavy atom. The van der Waals surface area contributed by atoms with Gasteiger partial charge >= 0.3 is 0 Å². The average Bonchev–Trinajstić information content (AvgIpc) is 2.49. The third-order valence-corrected chi connectivity index (χ3v) is 3.69. The number of hydrogen-bond donors (Lipinski definition) is 1. The maximum Gasteiger partial charge on any atom is 0.146 e. The molecule has 1 N–H and O–H groups in total. The van der Waals surface area contributed by atoms with Crippen LogP contribution in [0.1, 0.15) is 37.4 Å². The second kappa shape index (κ2) is 7.48. The zero-order valence-electron chi connectivity index (χ0n) is 12.8. The lowest BCUT2D eigenvalue weighted by Crippen LogP contribution is -2.19. The first-order chi connectivity index (χ1) is 10.1. The Bertz CT molecular complexity index is 598. The van der Waals surface area contributed by atoms with Gasteiger partial charge in [-0.15, -0.1) is 0 Å². The van der Waals surface area contributed by atoms with Crippen LogP contribution in [0.4, 0.5) is 0 Å². The highest BCUT2D eigenvalue weighted by Crippen LogP contribution is 2.31. The summed E-state index contributed by atoms with van der Waals surface area (Å²) >= 11 is 6.18. The molecule has 1 atom stereocenters. The van der Waals surface area contributed by atoms with Gasteiger partial charge in [-0.3, -0.25) is 0 Å². The highest BCUT2D eigenvalue weighted by molar-refractivity contribution is 6.32. The van der Waals surface area contributed by atoms with Gasteiger partial charge in [0.2, 0.25) is 0 Å². The first kappa shape index (κ1) is 15.9. The third kappa shape index (κ3) is 4.48. The average molecular weight is 304 g/mol. The van der Waals surface area contributed by atoms with Crippen molar-refractivity contribution in [1.29, 1.82) is 0 Å². The van der Waals surface area contributed by atoms with Crippen molar-refractivity contribution in [3.63, 3.8) is 0 Å². The lowest BCUT2D eigenvalue weighted by molar-refractivity contribution is 0.479. The molecular formula is C18H22ClNO. The summed E-state index contributed by atoms with van der Waals surface area (Å²) in [5.74, 6) is 1.51. The summed E-state index contributed by atoms with van der Waals surface area (Å²) in [5, 5.41) is 4.11. The van der Waals surface area contributed by atoms with E-state index in [1.807, 2.05) is 37.3 Å². The fourth-order valence-corrected chi connectivity index (χ4v) is 2.30. The summed E-state index contributed by atoms with van der Waals surface area (Å²) in [4.78, 5) is 0. The first-order valence-electron chi connectivity index (χ1n) is 7.37.